The van der Waals surface area contributed by atoms with Crippen molar-refractivity contribution in [2.75, 3.05) is 0 Å². The number of nitrogens with zero attached hydrogens (tertiary/aromatic N) is 1. The molecule has 0 saturated carbocycles. The smallest absolute Gasteiger partial charge is 0.119 e. The lowest BCUT2D eigenvalue weighted by Gasteiger charge is -2.09. The molecule has 0 aliphatic carbocycles. The Hall–Kier alpha value is -1.19. The van der Waals surface area contributed by atoms with Crippen LogP contribution in [-0.2, 0) is 6.61 Å². The summed E-state index contributed by atoms with van der Waals surface area (Å²) in [7, 11) is 0. The molecule has 84 valence electrons. The average Bonchev–Trinajstić information content (AvgIpc) is 2.74. The van der Waals surface area contributed by atoms with E-state index in [9.17, 15) is 0 Å². The summed E-state index contributed by atoms with van der Waals surface area (Å²) >= 11 is 1.50. The van der Waals surface area contributed by atoms with Gasteiger partial charge in [-0.1, -0.05) is 12.1 Å². The molecule has 0 spiro atoms. The van der Waals surface area contributed by atoms with Gasteiger partial charge in [-0.2, -0.15) is 0 Å². The molecule has 0 aliphatic heterocycles. The van der Waals surface area contributed by atoms with E-state index in [-0.39, 0.29) is 6.61 Å². The summed E-state index contributed by atoms with van der Waals surface area (Å²) in [6, 6.07) is 4.23. The van der Waals surface area contributed by atoms with Crippen molar-refractivity contribution < 1.29 is 5.11 Å². The Morgan fingerprint density at radius 3 is 2.56 bits per heavy atom. The summed E-state index contributed by atoms with van der Waals surface area (Å²) < 4.78 is 0. The number of benzene rings is 1. The number of rotatable bonds is 2. The van der Waals surface area contributed by atoms with Gasteiger partial charge in [0, 0.05) is 10.9 Å². The molecule has 0 radical (unpaired) electrons. The van der Waals surface area contributed by atoms with Gasteiger partial charge >= 0.3 is 0 Å². The molecule has 1 aromatic heterocycles. The molecule has 0 atom stereocenters. The zero-order valence-electron chi connectivity index (χ0n) is 9.74. The predicted octanol–water partition coefficient (Wildman–Crippen LogP) is 3.23. The Balaban J connectivity index is 2.52. The number of aliphatic hydroxyl groups excluding tert-OH is 1. The minimum Gasteiger partial charge on any atom is -0.389 e. The Labute approximate surface area is 99.6 Å². The third kappa shape index (κ3) is 1.88. The molecule has 0 bridgehead atoms. The SMILES string of the molecule is Cc1ccc(-c2csc(CO)n2)c(C)c1C. The van der Waals surface area contributed by atoms with E-state index >= 15 is 0 Å². The summed E-state index contributed by atoms with van der Waals surface area (Å²) in [6.07, 6.45) is 0. The Morgan fingerprint density at radius 2 is 1.94 bits per heavy atom. The molecule has 1 heterocycles. The molecular formula is C13H15NOS. The van der Waals surface area contributed by atoms with E-state index in [1.54, 1.807) is 0 Å². The largest absolute Gasteiger partial charge is 0.389 e. The molecule has 0 amide bonds. The summed E-state index contributed by atoms with van der Waals surface area (Å²) in [5.41, 5.74) is 6.03. The molecule has 1 N–H and O–H groups in total. The third-order valence-corrected chi connectivity index (χ3v) is 3.85. The second-order valence-electron chi connectivity index (χ2n) is 3.96. The molecule has 1 aromatic carbocycles. The molecule has 16 heavy (non-hydrogen) atoms. The van der Waals surface area contributed by atoms with Gasteiger partial charge in [-0.15, -0.1) is 11.3 Å². The number of hydrogen-bond acceptors (Lipinski definition) is 3. The van der Waals surface area contributed by atoms with E-state index in [4.69, 9.17) is 5.11 Å². The monoisotopic (exact) mass is 233 g/mol. The molecule has 2 rings (SSSR count). The maximum Gasteiger partial charge on any atom is 0.119 e. The van der Waals surface area contributed by atoms with Crippen LogP contribution in [0.2, 0.25) is 0 Å². The number of aromatic nitrogens is 1. The molecular weight excluding hydrogens is 218 g/mol. The highest BCUT2D eigenvalue weighted by Crippen LogP contribution is 2.28. The van der Waals surface area contributed by atoms with E-state index < -0.39 is 0 Å². The zero-order chi connectivity index (χ0) is 11.7. The first-order chi connectivity index (χ1) is 7.63. The molecule has 0 unspecified atom stereocenters. The Morgan fingerprint density at radius 1 is 1.19 bits per heavy atom. The maximum atomic E-state index is 9.01. The third-order valence-electron chi connectivity index (χ3n) is 3.02. The van der Waals surface area contributed by atoms with E-state index in [0.29, 0.717) is 0 Å². The van der Waals surface area contributed by atoms with Crippen molar-refractivity contribution in [1.82, 2.24) is 4.98 Å². The van der Waals surface area contributed by atoms with Crippen LogP contribution in [0.1, 0.15) is 21.7 Å². The van der Waals surface area contributed by atoms with Crippen LogP contribution >= 0.6 is 11.3 Å². The average molecular weight is 233 g/mol. The lowest BCUT2D eigenvalue weighted by molar-refractivity contribution is 0.281. The summed E-state index contributed by atoms with van der Waals surface area (Å²) in [5.74, 6) is 0. The molecule has 0 fully saturated rings. The lowest BCUT2D eigenvalue weighted by Crippen LogP contribution is -1.91. The van der Waals surface area contributed by atoms with E-state index in [1.807, 2.05) is 5.38 Å². The Bertz CT molecular complexity index is 517. The lowest BCUT2D eigenvalue weighted by atomic mass is 9.97. The van der Waals surface area contributed by atoms with E-state index in [0.717, 1.165) is 10.7 Å². The number of aryl methyl sites for hydroxylation is 1. The Kier molecular flexibility index (Phi) is 3.08. The van der Waals surface area contributed by atoms with Gasteiger partial charge in [0.25, 0.3) is 0 Å². The fourth-order valence-electron chi connectivity index (χ4n) is 1.74. The molecule has 0 saturated heterocycles. The van der Waals surface area contributed by atoms with Crippen LogP contribution < -0.4 is 0 Å². The fourth-order valence-corrected chi connectivity index (χ4v) is 2.39. The fraction of sp³-hybridized carbons (Fsp3) is 0.308. The topological polar surface area (TPSA) is 33.1 Å². The summed E-state index contributed by atoms with van der Waals surface area (Å²) in [4.78, 5) is 4.40. The number of aliphatic hydroxyl groups is 1. The van der Waals surface area contributed by atoms with Crippen molar-refractivity contribution in [3.05, 3.63) is 39.2 Å². The van der Waals surface area contributed by atoms with E-state index in [2.05, 4.69) is 37.9 Å². The van der Waals surface area contributed by atoms with Crippen molar-refractivity contribution in [1.29, 1.82) is 0 Å². The van der Waals surface area contributed by atoms with Crippen molar-refractivity contribution >= 4 is 11.3 Å². The standard InChI is InChI=1S/C13H15NOS/c1-8-4-5-11(10(3)9(8)2)12-7-16-13(6-15)14-12/h4-5,7,15H,6H2,1-3H3. The van der Waals surface area contributed by atoms with Gasteiger partial charge in [0.1, 0.15) is 5.01 Å². The zero-order valence-corrected chi connectivity index (χ0v) is 10.6. The molecule has 3 heteroatoms. The first-order valence-electron chi connectivity index (χ1n) is 5.26. The molecule has 0 aliphatic rings. The van der Waals surface area contributed by atoms with Crippen LogP contribution in [0, 0.1) is 20.8 Å². The minimum absolute atomic E-state index is 0.0224. The van der Waals surface area contributed by atoms with Crippen molar-refractivity contribution in [3.63, 3.8) is 0 Å². The van der Waals surface area contributed by atoms with Crippen molar-refractivity contribution in [2.24, 2.45) is 0 Å². The second kappa shape index (κ2) is 4.36. The van der Waals surface area contributed by atoms with Crippen LogP contribution in [-0.4, -0.2) is 10.1 Å². The molecule has 2 aromatic rings. The highest BCUT2D eigenvalue weighted by molar-refractivity contribution is 7.09. The quantitative estimate of drug-likeness (QED) is 0.864. The van der Waals surface area contributed by atoms with Crippen molar-refractivity contribution in [3.8, 4) is 11.3 Å². The first-order valence-corrected chi connectivity index (χ1v) is 6.14. The summed E-state index contributed by atoms with van der Waals surface area (Å²) in [6.45, 7) is 6.39. The summed E-state index contributed by atoms with van der Waals surface area (Å²) in [5, 5.41) is 11.8. The predicted molar refractivity (Wildman–Crippen MR) is 67.7 cm³/mol. The van der Waals surface area contributed by atoms with Gasteiger partial charge in [-0.05, 0) is 37.5 Å². The maximum absolute atomic E-state index is 9.01. The van der Waals surface area contributed by atoms with Crippen LogP contribution in [0.15, 0.2) is 17.5 Å². The van der Waals surface area contributed by atoms with Gasteiger partial charge in [-0.3, -0.25) is 0 Å². The number of hydrogen-bond donors (Lipinski definition) is 1. The molecule has 2 nitrogen and oxygen atoms in total. The normalized spacial score (nSPS) is 10.8. The van der Waals surface area contributed by atoms with Crippen LogP contribution in [0.4, 0.5) is 0 Å². The van der Waals surface area contributed by atoms with Gasteiger partial charge in [0.2, 0.25) is 0 Å². The highest BCUT2D eigenvalue weighted by atomic mass is 32.1. The second-order valence-corrected chi connectivity index (χ2v) is 4.91. The van der Waals surface area contributed by atoms with Crippen LogP contribution in [0.3, 0.4) is 0 Å². The van der Waals surface area contributed by atoms with Gasteiger partial charge in [-0.25, -0.2) is 4.98 Å². The first kappa shape index (κ1) is 11.3. The van der Waals surface area contributed by atoms with Gasteiger partial charge in [0.05, 0.1) is 12.3 Å². The van der Waals surface area contributed by atoms with Crippen LogP contribution in [0.5, 0.6) is 0 Å². The highest BCUT2D eigenvalue weighted by Gasteiger charge is 2.09. The minimum atomic E-state index is 0.0224. The number of thiazole rings is 1. The van der Waals surface area contributed by atoms with E-state index in [1.165, 1.54) is 33.6 Å². The van der Waals surface area contributed by atoms with Crippen LogP contribution in [0.25, 0.3) is 11.3 Å². The van der Waals surface area contributed by atoms with Crippen molar-refractivity contribution in [2.45, 2.75) is 27.4 Å². The van der Waals surface area contributed by atoms with Gasteiger partial charge < -0.3 is 5.11 Å². The van der Waals surface area contributed by atoms with Gasteiger partial charge in [0.15, 0.2) is 0 Å².